The average molecular weight is 298 g/mol. The molecule has 0 saturated carbocycles. The van der Waals surface area contributed by atoms with E-state index in [1.165, 1.54) is 11.1 Å². The summed E-state index contributed by atoms with van der Waals surface area (Å²) < 4.78 is 0. The zero-order valence-corrected chi connectivity index (χ0v) is 12.6. The molecule has 0 saturated heterocycles. The molecule has 2 rings (SSSR count). The minimum Gasteiger partial charge on any atom is -0.481 e. The van der Waals surface area contributed by atoms with Gasteiger partial charge in [-0.25, -0.2) is 0 Å². The van der Waals surface area contributed by atoms with Gasteiger partial charge in [0.15, 0.2) is 0 Å². The first kappa shape index (κ1) is 15.7. The van der Waals surface area contributed by atoms with E-state index in [0.29, 0.717) is 11.3 Å². The third-order valence-electron chi connectivity index (χ3n) is 3.34. The number of carboxylic acids is 1. The molecule has 1 amide bonds. The van der Waals surface area contributed by atoms with Gasteiger partial charge in [0.25, 0.3) is 5.91 Å². The molecule has 0 fully saturated rings. The quantitative estimate of drug-likeness (QED) is 0.921. The molecular formula is C17H18N2O3. The van der Waals surface area contributed by atoms with Crippen molar-refractivity contribution in [1.82, 2.24) is 4.98 Å². The van der Waals surface area contributed by atoms with Crippen LogP contribution in [0.4, 0.5) is 5.69 Å². The smallest absolute Gasteiger partial charge is 0.308 e. The van der Waals surface area contributed by atoms with Gasteiger partial charge < -0.3 is 10.0 Å². The van der Waals surface area contributed by atoms with E-state index >= 15 is 0 Å². The molecular weight excluding hydrogens is 280 g/mol. The van der Waals surface area contributed by atoms with Crippen molar-refractivity contribution in [1.29, 1.82) is 0 Å². The summed E-state index contributed by atoms with van der Waals surface area (Å²) in [5, 5.41) is 9.13. The summed E-state index contributed by atoms with van der Waals surface area (Å²) in [4.78, 5) is 29.3. The Morgan fingerprint density at radius 3 is 2.64 bits per heavy atom. The van der Waals surface area contributed by atoms with Crippen LogP contribution in [0.25, 0.3) is 0 Å². The standard InChI is InChI=1S/C17H18N2O3/c1-12-5-3-7-15(9-12)19(11-13(2)17(21)22)16(20)14-6-4-8-18-10-14/h3-10,13H,11H2,1-2H3,(H,21,22). The number of amides is 1. The SMILES string of the molecule is Cc1cccc(N(CC(C)C(=O)O)C(=O)c2cccnc2)c1. The van der Waals surface area contributed by atoms with Crippen LogP contribution < -0.4 is 4.90 Å². The molecule has 1 N–H and O–H groups in total. The Hall–Kier alpha value is -2.69. The van der Waals surface area contributed by atoms with Gasteiger partial charge in [0.2, 0.25) is 0 Å². The van der Waals surface area contributed by atoms with Crippen molar-refractivity contribution >= 4 is 17.6 Å². The Morgan fingerprint density at radius 1 is 1.27 bits per heavy atom. The van der Waals surface area contributed by atoms with Gasteiger partial charge in [0.1, 0.15) is 0 Å². The molecule has 0 aliphatic carbocycles. The number of nitrogens with zero attached hydrogens (tertiary/aromatic N) is 2. The largest absolute Gasteiger partial charge is 0.481 e. The van der Waals surface area contributed by atoms with Crippen LogP contribution in [0.15, 0.2) is 48.8 Å². The van der Waals surface area contributed by atoms with Crippen LogP contribution in [-0.4, -0.2) is 28.5 Å². The van der Waals surface area contributed by atoms with Gasteiger partial charge in [-0.15, -0.1) is 0 Å². The number of pyridine rings is 1. The summed E-state index contributed by atoms with van der Waals surface area (Å²) in [6.45, 7) is 3.62. The number of aliphatic carboxylic acids is 1. The maximum Gasteiger partial charge on any atom is 0.308 e. The number of benzene rings is 1. The van der Waals surface area contributed by atoms with Crippen LogP contribution in [0.3, 0.4) is 0 Å². The summed E-state index contributed by atoms with van der Waals surface area (Å²) in [5.41, 5.74) is 2.12. The van der Waals surface area contributed by atoms with E-state index in [-0.39, 0.29) is 12.5 Å². The fraction of sp³-hybridized carbons (Fsp3) is 0.235. The van der Waals surface area contributed by atoms with E-state index in [1.807, 2.05) is 25.1 Å². The Balaban J connectivity index is 2.37. The van der Waals surface area contributed by atoms with Crippen LogP contribution in [0.2, 0.25) is 0 Å². The highest BCUT2D eigenvalue weighted by atomic mass is 16.4. The lowest BCUT2D eigenvalue weighted by Gasteiger charge is -2.25. The van der Waals surface area contributed by atoms with E-state index in [2.05, 4.69) is 4.98 Å². The monoisotopic (exact) mass is 298 g/mol. The molecule has 22 heavy (non-hydrogen) atoms. The molecule has 1 atom stereocenters. The van der Waals surface area contributed by atoms with Crippen molar-refractivity contribution in [3.8, 4) is 0 Å². The maximum absolute atomic E-state index is 12.7. The van der Waals surface area contributed by atoms with Crippen molar-refractivity contribution in [2.75, 3.05) is 11.4 Å². The Labute approximate surface area is 129 Å². The number of anilines is 1. The van der Waals surface area contributed by atoms with E-state index in [9.17, 15) is 9.59 Å². The van der Waals surface area contributed by atoms with Gasteiger partial charge in [-0.1, -0.05) is 19.1 Å². The van der Waals surface area contributed by atoms with Crippen LogP contribution in [0, 0.1) is 12.8 Å². The van der Waals surface area contributed by atoms with Crippen LogP contribution in [0.1, 0.15) is 22.8 Å². The Bertz CT molecular complexity index is 671. The molecule has 0 aliphatic heterocycles. The number of aromatic nitrogens is 1. The van der Waals surface area contributed by atoms with Crippen molar-refractivity contribution in [2.24, 2.45) is 5.92 Å². The summed E-state index contributed by atoms with van der Waals surface area (Å²) in [7, 11) is 0. The molecule has 2 aromatic rings. The van der Waals surface area contributed by atoms with Gasteiger partial charge in [0, 0.05) is 24.6 Å². The highest BCUT2D eigenvalue weighted by Crippen LogP contribution is 2.20. The van der Waals surface area contributed by atoms with Crippen LogP contribution in [0.5, 0.6) is 0 Å². The fourth-order valence-electron chi connectivity index (χ4n) is 2.10. The van der Waals surface area contributed by atoms with Crippen molar-refractivity contribution in [2.45, 2.75) is 13.8 Å². The summed E-state index contributed by atoms with van der Waals surface area (Å²) >= 11 is 0. The van der Waals surface area contributed by atoms with E-state index in [4.69, 9.17) is 5.11 Å². The molecule has 114 valence electrons. The zero-order chi connectivity index (χ0) is 16.1. The first-order valence-electron chi connectivity index (χ1n) is 7.00. The predicted molar refractivity (Wildman–Crippen MR) is 83.9 cm³/mol. The van der Waals surface area contributed by atoms with Crippen molar-refractivity contribution in [3.63, 3.8) is 0 Å². The number of carboxylic acid groups (broad SMARTS) is 1. The molecule has 0 spiro atoms. The third-order valence-corrected chi connectivity index (χ3v) is 3.34. The summed E-state index contributed by atoms with van der Waals surface area (Å²) in [6, 6.07) is 10.8. The van der Waals surface area contributed by atoms with Crippen molar-refractivity contribution in [3.05, 3.63) is 59.9 Å². The first-order valence-corrected chi connectivity index (χ1v) is 7.00. The van der Waals surface area contributed by atoms with Gasteiger partial charge >= 0.3 is 5.97 Å². The normalized spacial score (nSPS) is 11.7. The van der Waals surface area contributed by atoms with Gasteiger partial charge in [-0.3, -0.25) is 14.6 Å². The highest BCUT2D eigenvalue weighted by molar-refractivity contribution is 6.06. The lowest BCUT2D eigenvalue weighted by atomic mass is 10.1. The van der Waals surface area contributed by atoms with E-state index < -0.39 is 11.9 Å². The number of carbonyl (C=O) groups excluding carboxylic acids is 1. The Morgan fingerprint density at radius 2 is 2.05 bits per heavy atom. The molecule has 0 radical (unpaired) electrons. The summed E-state index contributed by atoms with van der Waals surface area (Å²) in [5.74, 6) is -1.86. The lowest BCUT2D eigenvalue weighted by Crippen LogP contribution is -2.37. The third kappa shape index (κ3) is 3.69. The number of rotatable bonds is 5. The molecule has 1 heterocycles. The fourth-order valence-corrected chi connectivity index (χ4v) is 2.10. The summed E-state index contributed by atoms with van der Waals surface area (Å²) in [6.07, 6.45) is 3.07. The molecule has 1 aromatic heterocycles. The molecule has 0 aliphatic rings. The minimum absolute atomic E-state index is 0.104. The number of aryl methyl sites for hydroxylation is 1. The molecule has 1 aromatic carbocycles. The minimum atomic E-state index is -0.934. The van der Waals surface area contributed by atoms with Crippen molar-refractivity contribution < 1.29 is 14.7 Å². The molecule has 5 heteroatoms. The second-order valence-corrected chi connectivity index (χ2v) is 5.24. The molecule has 0 bridgehead atoms. The van der Waals surface area contributed by atoms with Gasteiger partial charge in [-0.05, 0) is 36.8 Å². The van der Waals surface area contributed by atoms with Gasteiger partial charge in [0.05, 0.1) is 11.5 Å². The Kier molecular flexibility index (Phi) is 4.88. The van der Waals surface area contributed by atoms with Crippen LogP contribution >= 0.6 is 0 Å². The number of hydrogen-bond donors (Lipinski definition) is 1. The topological polar surface area (TPSA) is 70.5 Å². The number of hydrogen-bond acceptors (Lipinski definition) is 3. The first-order chi connectivity index (χ1) is 10.5. The second-order valence-electron chi connectivity index (χ2n) is 5.24. The van der Waals surface area contributed by atoms with Crippen LogP contribution in [-0.2, 0) is 4.79 Å². The number of carbonyl (C=O) groups is 2. The molecule has 1 unspecified atom stereocenters. The van der Waals surface area contributed by atoms with E-state index in [1.54, 1.807) is 31.3 Å². The van der Waals surface area contributed by atoms with E-state index in [0.717, 1.165) is 5.56 Å². The average Bonchev–Trinajstić information content (AvgIpc) is 2.52. The lowest BCUT2D eigenvalue weighted by molar-refractivity contribution is -0.140. The molecule has 5 nitrogen and oxygen atoms in total. The second kappa shape index (κ2) is 6.85. The zero-order valence-electron chi connectivity index (χ0n) is 12.6. The predicted octanol–water partition coefficient (Wildman–Crippen LogP) is 2.76. The maximum atomic E-state index is 12.7. The van der Waals surface area contributed by atoms with Gasteiger partial charge in [-0.2, -0.15) is 0 Å². The highest BCUT2D eigenvalue weighted by Gasteiger charge is 2.23.